The molecule has 0 saturated carbocycles. The lowest BCUT2D eigenvalue weighted by molar-refractivity contribution is 0.0656. The van der Waals surface area contributed by atoms with Crippen molar-refractivity contribution in [2.45, 2.75) is 6.61 Å². The number of carboxylic acid groups (broad SMARTS) is 1. The van der Waals surface area contributed by atoms with E-state index in [4.69, 9.17) is 9.84 Å². The summed E-state index contributed by atoms with van der Waals surface area (Å²) in [5.41, 5.74) is 0.481. The normalized spacial score (nSPS) is 13.9. The van der Waals surface area contributed by atoms with E-state index < -0.39 is 12.1 Å². The molecule has 0 aromatic heterocycles. The van der Waals surface area contributed by atoms with Crippen LogP contribution >= 0.6 is 0 Å². The molecule has 0 radical (unpaired) electrons. The molecule has 72 valence electrons. The molecule has 1 aliphatic heterocycles. The summed E-state index contributed by atoms with van der Waals surface area (Å²) in [5.74, 6) is -0.815. The van der Waals surface area contributed by atoms with E-state index >= 15 is 0 Å². The minimum Gasteiger partial charge on any atom is -0.478 e. The van der Waals surface area contributed by atoms with Crippen LogP contribution in [0.25, 0.3) is 0 Å². The molecule has 1 aromatic rings. The van der Waals surface area contributed by atoms with Crippen LogP contribution in [0, 0.1) is 0 Å². The molecule has 0 saturated heterocycles. The van der Waals surface area contributed by atoms with Crippen LogP contribution in [-0.2, 0) is 11.3 Å². The van der Waals surface area contributed by atoms with Gasteiger partial charge in [0.25, 0.3) is 0 Å². The highest BCUT2D eigenvalue weighted by molar-refractivity contribution is 5.90. The average Bonchev–Trinajstić information content (AvgIpc) is 2.16. The predicted octanol–water partition coefficient (Wildman–Crippen LogP) is 1.41. The number of carbonyl (C=O) groups excluding carboxylic acids is 1. The van der Waals surface area contributed by atoms with Crippen molar-refractivity contribution in [3.63, 3.8) is 0 Å². The zero-order chi connectivity index (χ0) is 10.1. The SMILES string of the molecule is O=C1OCc2c(cccc2C(=O)O)O1. The van der Waals surface area contributed by atoms with Gasteiger partial charge in [-0.05, 0) is 12.1 Å². The fraction of sp³-hybridized carbons (Fsp3) is 0.111. The number of hydrogen-bond donors (Lipinski definition) is 1. The van der Waals surface area contributed by atoms with Gasteiger partial charge >= 0.3 is 12.1 Å². The van der Waals surface area contributed by atoms with Gasteiger partial charge in [0.2, 0.25) is 0 Å². The van der Waals surface area contributed by atoms with E-state index in [2.05, 4.69) is 4.74 Å². The standard InChI is InChI=1S/C9H6O5/c10-8(11)5-2-1-3-7-6(5)4-13-9(12)14-7/h1-3H,4H2,(H,10,11). The zero-order valence-corrected chi connectivity index (χ0v) is 7.02. The number of aromatic carboxylic acids is 1. The van der Waals surface area contributed by atoms with Gasteiger partial charge in [-0.15, -0.1) is 0 Å². The summed E-state index contributed by atoms with van der Waals surface area (Å²) < 4.78 is 9.27. The van der Waals surface area contributed by atoms with Crippen molar-refractivity contribution in [1.82, 2.24) is 0 Å². The molecule has 0 bridgehead atoms. The average molecular weight is 194 g/mol. The van der Waals surface area contributed by atoms with Gasteiger partial charge < -0.3 is 14.6 Å². The summed E-state index contributed by atoms with van der Waals surface area (Å²) in [5, 5.41) is 8.81. The summed E-state index contributed by atoms with van der Waals surface area (Å²) in [6.45, 7) is -0.0589. The highest BCUT2D eigenvalue weighted by Crippen LogP contribution is 2.27. The van der Waals surface area contributed by atoms with Crippen LogP contribution in [0.1, 0.15) is 15.9 Å². The van der Waals surface area contributed by atoms with Gasteiger partial charge in [-0.2, -0.15) is 0 Å². The molecule has 1 aliphatic rings. The second kappa shape index (κ2) is 3.02. The first-order valence-corrected chi connectivity index (χ1v) is 3.88. The van der Waals surface area contributed by atoms with Gasteiger partial charge in [0.05, 0.1) is 5.56 Å². The molecule has 14 heavy (non-hydrogen) atoms. The Labute approximate surface area is 78.9 Å². The molecule has 0 atom stereocenters. The Morgan fingerprint density at radius 3 is 2.93 bits per heavy atom. The Balaban J connectivity index is 2.52. The molecule has 0 unspecified atom stereocenters. The Morgan fingerprint density at radius 2 is 2.21 bits per heavy atom. The summed E-state index contributed by atoms with van der Waals surface area (Å²) in [7, 11) is 0. The lowest BCUT2D eigenvalue weighted by atomic mass is 10.1. The first-order chi connectivity index (χ1) is 6.68. The number of carboxylic acids is 1. The van der Waals surface area contributed by atoms with Crippen LogP contribution in [0.15, 0.2) is 18.2 Å². The van der Waals surface area contributed by atoms with Crippen LogP contribution < -0.4 is 4.74 Å². The lowest BCUT2D eigenvalue weighted by Gasteiger charge is -2.17. The third-order valence-corrected chi connectivity index (χ3v) is 1.89. The maximum atomic E-state index is 10.8. The summed E-state index contributed by atoms with van der Waals surface area (Å²) >= 11 is 0. The third kappa shape index (κ3) is 1.28. The van der Waals surface area contributed by atoms with Crippen molar-refractivity contribution >= 4 is 12.1 Å². The van der Waals surface area contributed by atoms with Gasteiger partial charge in [0, 0.05) is 5.56 Å². The number of fused-ring (bicyclic) bond motifs is 1. The van der Waals surface area contributed by atoms with Crippen molar-refractivity contribution in [2.75, 3.05) is 0 Å². The topological polar surface area (TPSA) is 72.8 Å². The lowest BCUT2D eigenvalue weighted by Crippen LogP contribution is -2.19. The Morgan fingerprint density at radius 1 is 1.43 bits per heavy atom. The largest absolute Gasteiger partial charge is 0.514 e. The van der Waals surface area contributed by atoms with Crippen molar-refractivity contribution < 1.29 is 24.2 Å². The Kier molecular flexibility index (Phi) is 1.85. The van der Waals surface area contributed by atoms with E-state index in [1.54, 1.807) is 0 Å². The second-order valence-electron chi connectivity index (χ2n) is 2.73. The molecule has 5 heteroatoms. The fourth-order valence-electron chi connectivity index (χ4n) is 1.26. The fourth-order valence-corrected chi connectivity index (χ4v) is 1.26. The van der Waals surface area contributed by atoms with Crippen LogP contribution in [0.5, 0.6) is 5.75 Å². The highest BCUT2D eigenvalue weighted by Gasteiger charge is 2.23. The van der Waals surface area contributed by atoms with E-state index in [-0.39, 0.29) is 17.9 Å². The molecule has 5 nitrogen and oxygen atoms in total. The molecule has 0 spiro atoms. The minimum absolute atomic E-state index is 0.0589. The smallest absolute Gasteiger partial charge is 0.478 e. The molecule has 1 aromatic carbocycles. The predicted molar refractivity (Wildman–Crippen MR) is 44.2 cm³/mol. The van der Waals surface area contributed by atoms with E-state index in [1.165, 1.54) is 18.2 Å². The van der Waals surface area contributed by atoms with Crippen molar-refractivity contribution in [1.29, 1.82) is 0 Å². The van der Waals surface area contributed by atoms with E-state index in [9.17, 15) is 9.59 Å². The molecule has 0 fully saturated rings. The molecule has 2 rings (SSSR count). The molecular formula is C9H6O5. The van der Waals surface area contributed by atoms with Gasteiger partial charge in [-0.3, -0.25) is 0 Å². The van der Waals surface area contributed by atoms with Crippen molar-refractivity contribution in [3.05, 3.63) is 29.3 Å². The number of ether oxygens (including phenoxy) is 2. The van der Waals surface area contributed by atoms with E-state index in [0.717, 1.165) is 0 Å². The molecule has 0 amide bonds. The van der Waals surface area contributed by atoms with Gasteiger partial charge in [-0.1, -0.05) is 6.07 Å². The Bertz CT molecular complexity index is 410. The number of rotatable bonds is 1. The van der Waals surface area contributed by atoms with Crippen LogP contribution in [-0.4, -0.2) is 17.2 Å². The van der Waals surface area contributed by atoms with E-state index in [1.807, 2.05) is 0 Å². The number of carbonyl (C=O) groups is 2. The summed E-state index contributed by atoms with van der Waals surface area (Å²) in [4.78, 5) is 21.5. The molecule has 1 N–H and O–H groups in total. The van der Waals surface area contributed by atoms with Gasteiger partial charge in [0.15, 0.2) is 0 Å². The Hall–Kier alpha value is -2.04. The maximum Gasteiger partial charge on any atom is 0.514 e. The maximum absolute atomic E-state index is 10.8. The molecular weight excluding hydrogens is 188 g/mol. The number of hydrogen-bond acceptors (Lipinski definition) is 4. The first-order valence-electron chi connectivity index (χ1n) is 3.88. The number of cyclic esters (lactones) is 1. The zero-order valence-electron chi connectivity index (χ0n) is 7.02. The first kappa shape index (κ1) is 8.55. The van der Waals surface area contributed by atoms with Gasteiger partial charge in [0.1, 0.15) is 12.4 Å². The molecule has 1 heterocycles. The quantitative estimate of drug-likeness (QED) is 0.540. The van der Waals surface area contributed by atoms with Crippen molar-refractivity contribution in [3.8, 4) is 5.75 Å². The number of benzene rings is 1. The minimum atomic E-state index is -1.07. The second-order valence-corrected chi connectivity index (χ2v) is 2.73. The summed E-state index contributed by atoms with van der Waals surface area (Å²) in [6.07, 6.45) is -0.806. The third-order valence-electron chi connectivity index (χ3n) is 1.89. The van der Waals surface area contributed by atoms with E-state index in [0.29, 0.717) is 5.56 Å². The monoisotopic (exact) mass is 194 g/mol. The van der Waals surface area contributed by atoms with Crippen molar-refractivity contribution in [2.24, 2.45) is 0 Å². The highest BCUT2D eigenvalue weighted by atomic mass is 16.7. The summed E-state index contributed by atoms with van der Waals surface area (Å²) in [6, 6.07) is 4.48. The van der Waals surface area contributed by atoms with Crippen LogP contribution in [0.3, 0.4) is 0 Å². The van der Waals surface area contributed by atoms with Crippen LogP contribution in [0.4, 0.5) is 4.79 Å². The molecule has 0 aliphatic carbocycles. The van der Waals surface area contributed by atoms with Gasteiger partial charge in [-0.25, -0.2) is 9.59 Å². The van der Waals surface area contributed by atoms with Crippen LogP contribution in [0.2, 0.25) is 0 Å².